The van der Waals surface area contributed by atoms with E-state index in [1.54, 1.807) is 12.1 Å². The van der Waals surface area contributed by atoms with Crippen molar-refractivity contribution in [1.29, 1.82) is 0 Å². The number of benzene rings is 2. The molecule has 2 aromatic carbocycles. The second kappa shape index (κ2) is 12.1. The molecule has 1 N–H and O–H groups in total. The molecule has 3 saturated carbocycles. The molecule has 0 spiro atoms. The smallest absolute Gasteiger partial charge is 0.311 e. The van der Waals surface area contributed by atoms with Crippen molar-refractivity contribution >= 4 is 43.9 Å². The number of hydrogen-bond acceptors (Lipinski definition) is 8. The first-order chi connectivity index (χ1) is 23.7. The molecule has 250 valence electrons. The molecule has 2 bridgehead atoms. The zero-order valence-corrected chi connectivity index (χ0v) is 27.9. The lowest BCUT2D eigenvalue weighted by atomic mass is 9.61. The number of anilines is 1. The summed E-state index contributed by atoms with van der Waals surface area (Å²) in [6, 6.07) is 19.5. The number of carbonyl (C=O) groups is 1. The van der Waals surface area contributed by atoms with Gasteiger partial charge in [0.2, 0.25) is 0 Å². The van der Waals surface area contributed by atoms with E-state index < -0.39 is 15.8 Å². The first-order valence-corrected chi connectivity index (χ1v) is 17.9. The number of fused-ring (bicyclic) bond motifs is 5. The number of methoxy groups -OCH3 is 1. The van der Waals surface area contributed by atoms with E-state index in [4.69, 9.17) is 14.7 Å². The third kappa shape index (κ3) is 5.44. The van der Waals surface area contributed by atoms with Crippen LogP contribution in [-0.4, -0.2) is 51.0 Å². The normalized spacial score (nSPS) is 20.6. The molecule has 6 aromatic rings. The first kappa shape index (κ1) is 31.2. The van der Waals surface area contributed by atoms with Gasteiger partial charge in [-0.1, -0.05) is 48.0 Å². The van der Waals surface area contributed by atoms with Gasteiger partial charge in [0.1, 0.15) is 17.3 Å². The molecule has 3 aliphatic rings. The summed E-state index contributed by atoms with van der Waals surface area (Å²) in [6.07, 6.45) is 8.32. The van der Waals surface area contributed by atoms with E-state index in [0.717, 1.165) is 52.4 Å². The molecular weight excluding hydrogens is 644 g/mol. The van der Waals surface area contributed by atoms with Crippen LogP contribution in [0.4, 0.5) is 10.2 Å². The van der Waals surface area contributed by atoms with Crippen molar-refractivity contribution in [3.63, 3.8) is 0 Å². The van der Waals surface area contributed by atoms with Gasteiger partial charge in [0.25, 0.3) is 10.0 Å². The summed E-state index contributed by atoms with van der Waals surface area (Å²) in [7, 11) is -2.69. The highest BCUT2D eigenvalue weighted by molar-refractivity contribution is 7.90. The summed E-state index contributed by atoms with van der Waals surface area (Å²) >= 11 is 0. The number of aryl methyl sites for hydroxylation is 1. The number of rotatable bonds is 8. The van der Waals surface area contributed by atoms with Gasteiger partial charge >= 0.3 is 5.97 Å². The van der Waals surface area contributed by atoms with Crippen molar-refractivity contribution in [3.05, 3.63) is 102 Å². The number of esters is 1. The Morgan fingerprint density at radius 2 is 1.69 bits per heavy atom. The predicted molar refractivity (Wildman–Crippen MR) is 184 cm³/mol. The van der Waals surface area contributed by atoms with Gasteiger partial charge in [0.05, 0.1) is 29.5 Å². The van der Waals surface area contributed by atoms with Crippen LogP contribution in [0.5, 0.6) is 0 Å². The quantitative estimate of drug-likeness (QED) is 0.180. The van der Waals surface area contributed by atoms with Gasteiger partial charge in [-0.15, -0.1) is 0 Å². The summed E-state index contributed by atoms with van der Waals surface area (Å²) in [5.74, 6) is 0.0218. The van der Waals surface area contributed by atoms with E-state index in [9.17, 15) is 17.6 Å². The Morgan fingerprint density at radius 1 is 0.959 bits per heavy atom. The summed E-state index contributed by atoms with van der Waals surface area (Å²) in [4.78, 5) is 27.4. The minimum atomic E-state index is -4.12. The maximum absolute atomic E-state index is 14.8. The lowest BCUT2D eigenvalue weighted by Crippen LogP contribution is -2.51. The van der Waals surface area contributed by atoms with Crippen molar-refractivity contribution in [2.24, 2.45) is 17.8 Å². The SMILES string of the molecule is COC(=O)C1C2CCC(CC2)C1Nc1nc(-c2cn(S(=O)(=O)c3ccc(C)cc3)c3ncc(F)cc23)nc2c1ccn2Cc1ccccc1. The van der Waals surface area contributed by atoms with Crippen molar-refractivity contribution in [1.82, 2.24) is 23.5 Å². The first-order valence-electron chi connectivity index (χ1n) is 16.5. The number of hydrogen-bond donors (Lipinski definition) is 1. The highest BCUT2D eigenvalue weighted by atomic mass is 32.2. The van der Waals surface area contributed by atoms with E-state index in [-0.39, 0.29) is 51.5 Å². The molecule has 2 unspecified atom stereocenters. The molecule has 2 atom stereocenters. The number of nitrogens with one attached hydrogen (secondary N) is 1. The third-order valence-electron chi connectivity index (χ3n) is 10.2. The number of pyridine rings is 1. The molecule has 4 aromatic heterocycles. The molecule has 0 aliphatic heterocycles. The van der Waals surface area contributed by atoms with Crippen LogP contribution < -0.4 is 5.32 Å². The summed E-state index contributed by atoms with van der Waals surface area (Å²) < 4.78 is 51.1. The van der Waals surface area contributed by atoms with Gasteiger partial charge in [-0.05, 0) is 74.3 Å². The number of nitrogens with zero attached hydrogens (tertiary/aromatic N) is 5. The maximum Gasteiger partial charge on any atom is 0.311 e. The van der Waals surface area contributed by atoms with Gasteiger partial charge in [0.15, 0.2) is 11.5 Å². The van der Waals surface area contributed by atoms with E-state index in [2.05, 4.69) is 10.3 Å². The van der Waals surface area contributed by atoms with Crippen LogP contribution in [0.2, 0.25) is 0 Å². The van der Waals surface area contributed by atoms with Gasteiger partial charge in [0, 0.05) is 35.9 Å². The molecule has 0 radical (unpaired) electrons. The summed E-state index contributed by atoms with van der Waals surface area (Å²) in [5.41, 5.74) is 2.96. The van der Waals surface area contributed by atoms with Crippen LogP contribution in [-0.2, 0) is 26.1 Å². The second-order valence-electron chi connectivity index (χ2n) is 13.1. The minimum Gasteiger partial charge on any atom is -0.469 e. The van der Waals surface area contributed by atoms with Crippen molar-refractivity contribution in [2.75, 3.05) is 12.4 Å². The molecule has 49 heavy (non-hydrogen) atoms. The lowest BCUT2D eigenvalue weighted by Gasteiger charge is -2.47. The molecular formula is C37H35FN6O4S. The average molecular weight is 679 g/mol. The van der Waals surface area contributed by atoms with E-state index in [1.165, 1.54) is 31.5 Å². The number of aromatic nitrogens is 5. The number of halogens is 1. The molecule has 9 rings (SSSR count). The molecule has 0 saturated heterocycles. The molecule has 3 aliphatic carbocycles. The van der Waals surface area contributed by atoms with E-state index >= 15 is 0 Å². The van der Waals surface area contributed by atoms with Crippen molar-refractivity contribution in [2.45, 2.75) is 50.1 Å². The Hall–Kier alpha value is -5.10. The Labute approximate surface area is 283 Å². The van der Waals surface area contributed by atoms with Gasteiger partial charge < -0.3 is 14.6 Å². The van der Waals surface area contributed by atoms with E-state index in [0.29, 0.717) is 23.6 Å². The molecule has 12 heteroatoms. The Balaban J connectivity index is 1.32. The monoisotopic (exact) mass is 678 g/mol. The standard InChI is InChI=1S/C37H35FN6O4S/c1-22-8-14-27(15-9-22)49(46,47)44-21-30(29-18-26(38)19-39-35(29)44)34-41-33(40-32-25-12-10-24(11-13-25)31(32)37(45)48-2)28-16-17-43(36(28)42-34)20-23-6-4-3-5-7-23/h3-9,14-19,21,24-25,31-32H,10-13,20H2,1-2H3,(H,40,41,42). The zero-order valence-electron chi connectivity index (χ0n) is 27.1. The van der Waals surface area contributed by atoms with Crippen LogP contribution in [0.15, 0.2) is 90.2 Å². The van der Waals surface area contributed by atoms with Crippen LogP contribution in [0.3, 0.4) is 0 Å². The van der Waals surface area contributed by atoms with Crippen molar-refractivity contribution in [3.8, 4) is 11.4 Å². The highest BCUT2D eigenvalue weighted by Gasteiger charge is 2.48. The van der Waals surface area contributed by atoms with Gasteiger partial charge in [-0.25, -0.2) is 31.7 Å². The topological polar surface area (TPSA) is 121 Å². The summed E-state index contributed by atoms with van der Waals surface area (Å²) in [6.45, 7) is 2.40. The molecule has 4 heterocycles. The molecule has 0 amide bonds. The molecule has 10 nitrogen and oxygen atoms in total. The van der Waals surface area contributed by atoms with Crippen LogP contribution in [0.1, 0.15) is 36.8 Å². The maximum atomic E-state index is 14.8. The van der Waals surface area contributed by atoms with E-state index in [1.807, 2.05) is 54.1 Å². The van der Waals surface area contributed by atoms with Crippen LogP contribution in [0, 0.1) is 30.5 Å². The highest BCUT2D eigenvalue weighted by Crippen LogP contribution is 2.47. The van der Waals surface area contributed by atoms with Gasteiger partial charge in [-0.3, -0.25) is 4.79 Å². The average Bonchev–Trinajstić information content (AvgIpc) is 3.71. The van der Waals surface area contributed by atoms with Crippen molar-refractivity contribution < 1.29 is 22.3 Å². The van der Waals surface area contributed by atoms with Crippen LogP contribution in [0.25, 0.3) is 33.5 Å². The number of ether oxygens (including phenoxy) is 1. The Morgan fingerprint density at radius 3 is 2.43 bits per heavy atom. The largest absolute Gasteiger partial charge is 0.469 e. The molecule has 3 fully saturated rings. The zero-order chi connectivity index (χ0) is 33.9. The fourth-order valence-electron chi connectivity index (χ4n) is 7.73. The third-order valence-corrected chi connectivity index (χ3v) is 11.9. The second-order valence-corrected chi connectivity index (χ2v) is 15.0. The Bertz CT molecular complexity index is 2310. The summed E-state index contributed by atoms with van der Waals surface area (Å²) in [5, 5.41) is 4.67. The Kier molecular flexibility index (Phi) is 7.70. The fourth-order valence-corrected chi connectivity index (χ4v) is 9.06. The van der Waals surface area contributed by atoms with Crippen LogP contribution >= 0.6 is 0 Å². The number of carbonyl (C=O) groups excluding carboxylic acids is 1. The fraction of sp³-hybridized carbons (Fsp3) is 0.297. The van der Waals surface area contributed by atoms with Gasteiger partial charge in [-0.2, -0.15) is 0 Å². The minimum absolute atomic E-state index is 0.0604. The predicted octanol–water partition coefficient (Wildman–Crippen LogP) is 6.57. The lowest BCUT2D eigenvalue weighted by molar-refractivity contribution is -0.152.